The van der Waals surface area contributed by atoms with Crippen LogP contribution in [0.4, 0.5) is 0 Å². The van der Waals surface area contributed by atoms with E-state index >= 15 is 0 Å². The third-order valence-corrected chi connectivity index (χ3v) is 13.5. The molecule has 0 N–H and O–H groups in total. The zero-order chi connectivity index (χ0) is 48.6. The second kappa shape index (κ2) is 56.5. The first kappa shape index (κ1) is 64.9. The van der Waals surface area contributed by atoms with E-state index in [9.17, 15) is 14.4 Å². The van der Waals surface area contributed by atoms with Crippen LogP contribution in [0.1, 0.15) is 329 Å². The van der Waals surface area contributed by atoms with Gasteiger partial charge in [0.05, 0.1) is 0 Å². The molecule has 1 unspecified atom stereocenters. The van der Waals surface area contributed by atoms with Crippen LogP contribution in [-0.4, -0.2) is 37.2 Å². The number of carbonyl (C=O) groups is 3. The first-order valence-electron chi connectivity index (χ1n) is 29.8. The highest BCUT2D eigenvalue weighted by atomic mass is 16.6. The molecule has 0 spiro atoms. The minimum Gasteiger partial charge on any atom is -0.462 e. The van der Waals surface area contributed by atoms with Crippen molar-refractivity contribution in [2.75, 3.05) is 13.2 Å². The summed E-state index contributed by atoms with van der Waals surface area (Å²) in [5, 5.41) is 0. The molecule has 0 saturated carbocycles. The molecule has 0 aromatic carbocycles. The van der Waals surface area contributed by atoms with Crippen molar-refractivity contribution in [3.63, 3.8) is 0 Å². The van der Waals surface area contributed by atoms with Crippen molar-refractivity contribution in [2.24, 2.45) is 0 Å². The van der Waals surface area contributed by atoms with Crippen LogP contribution in [0.15, 0.2) is 24.3 Å². The minimum absolute atomic E-state index is 0.0650. The number of hydrogen-bond acceptors (Lipinski definition) is 6. The van der Waals surface area contributed by atoms with Gasteiger partial charge in [-0.3, -0.25) is 14.4 Å². The van der Waals surface area contributed by atoms with Gasteiger partial charge in [0, 0.05) is 19.3 Å². The molecule has 0 aliphatic carbocycles. The van der Waals surface area contributed by atoms with Gasteiger partial charge in [-0.1, -0.05) is 283 Å². The third kappa shape index (κ3) is 54.7. The van der Waals surface area contributed by atoms with Gasteiger partial charge < -0.3 is 14.2 Å². The van der Waals surface area contributed by atoms with E-state index in [1.807, 2.05) is 0 Å². The van der Waals surface area contributed by atoms with Crippen LogP contribution in [0.3, 0.4) is 0 Å². The van der Waals surface area contributed by atoms with Gasteiger partial charge in [0.1, 0.15) is 13.2 Å². The SMILES string of the molecule is CCCCCCC/C=C\C/C=C\CCCCCCCCCCCCCCCCCCCCCC(=O)OCC(COC(=O)CCCCCCCCCCC)OC(=O)CCCCCCCCCCC. The van der Waals surface area contributed by atoms with Gasteiger partial charge in [0.15, 0.2) is 6.10 Å². The van der Waals surface area contributed by atoms with Crippen LogP contribution in [-0.2, 0) is 28.6 Å². The number of allylic oxidation sites excluding steroid dienone is 4. The first-order valence-corrected chi connectivity index (χ1v) is 29.8. The molecular weight excluding hydrogens is 829 g/mol. The summed E-state index contributed by atoms with van der Waals surface area (Å²) in [6.07, 6.45) is 66.4. The molecule has 0 bridgehead atoms. The summed E-state index contributed by atoms with van der Waals surface area (Å²) in [5.74, 6) is -0.853. The summed E-state index contributed by atoms with van der Waals surface area (Å²) in [4.78, 5) is 37.8. The fourth-order valence-corrected chi connectivity index (χ4v) is 8.95. The molecule has 6 nitrogen and oxygen atoms in total. The first-order chi connectivity index (χ1) is 33.0. The standard InChI is InChI=1S/C61H114O6/c1-4-7-10-13-16-19-20-21-22-23-24-25-26-27-28-29-30-31-32-33-34-35-36-37-38-39-40-43-45-48-51-54-60(63)66-57-58(67-61(64)55-52-49-46-42-18-15-12-9-6-3)56-65-59(62)53-50-47-44-41-17-14-11-8-5-2/h20-21,23-24,58H,4-19,22,25-57H2,1-3H3/b21-20-,24-23-. The van der Waals surface area contributed by atoms with Gasteiger partial charge in [0.2, 0.25) is 0 Å². The van der Waals surface area contributed by atoms with Crippen molar-refractivity contribution < 1.29 is 28.6 Å². The summed E-state index contributed by atoms with van der Waals surface area (Å²) < 4.78 is 16.8. The Kier molecular flexibility index (Phi) is 54.7. The number of rotatable bonds is 55. The Balaban J connectivity index is 3.93. The van der Waals surface area contributed by atoms with Crippen molar-refractivity contribution in [3.8, 4) is 0 Å². The van der Waals surface area contributed by atoms with Crippen molar-refractivity contribution in [1.82, 2.24) is 0 Å². The lowest BCUT2D eigenvalue weighted by Crippen LogP contribution is -2.30. The molecule has 0 amide bonds. The number of carbonyl (C=O) groups excluding carboxylic acids is 3. The highest BCUT2D eigenvalue weighted by molar-refractivity contribution is 5.71. The highest BCUT2D eigenvalue weighted by Gasteiger charge is 2.19. The molecule has 67 heavy (non-hydrogen) atoms. The maximum absolute atomic E-state index is 12.7. The predicted molar refractivity (Wildman–Crippen MR) is 289 cm³/mol. The molecule has 0 rings (SSSR count). The molecule has 394 valence electrons. The van der Waals surface area contributed by atoms with Crippen LogP contribution in [0.2, 0.25) is 0 Å². The topological polar surface area (TPSA) is 78.9 Å². The minimum atomic E-state index is -0.761. The van der Waals surface area contributed by atoms with Crippen LogP contribution >= 0.6 is 0 Å². The maximum Gasteiger partial charge on any atom is 0.306 e. The van der Waals surface area contributed by atoms with Gasteiger partial charge in [-0.2, -0.15) is 0 Å². The van der Waals surface area contributed by atoms with E-state index in [0.717, 1.165) is 64.2 Å². The van der Waals surface area contributed by atoms with Crippen molar-refractivity contribution in [3.05, 3.63) is 24.3 Å². The maximum atomic E-state index is 12.7. The Morgan fingerprint density at radius 2 is 0.537 bits per heavy atom. The van der Waals surface area contributed by atoms with E-state index in [1.54, 1.807) is 0 Å². The summed E-state index contributed by atoms with van der Waals surface area (Å²) >= 11 is 0. The summed E-state index contributed by atoms with van der Waals surface area (Å²) in [7, 11) is 0. The average molecular weight is 944 g/mol. The molecule has 0 aromatic rings. The van der Waals surface area contributed by atoms with Gasteiger partial charge in [-0.05, 0) is 51.4 Å². The Morgan fingerprint density at radius 1 is 0.299 bits per heavy atom. The number of esters is 3. The van der Waals surface area contributed by atoms with Crippen molar-refractivity contribution >= 4 is 17.9 Å². The van der Waals surface area contributed by atoms with Crippen molar-refractivity contribution in [2.45, 2.75) is 335 Å². The normalized spacial score (nSPS) is 12.1. The lowest BCUT2D eigenvalue weighted by Gasteiger charge is -2.18. The van der Waals surface area contributed by atoms with Gasteiger partial charge in [0.25, 0.3) is 0 Å². The fraction of sp³-hybridized carbons (Fsp3) is 0.885. The van der Waals surface area contributed by atoms with E-state index < -0.39 is 6.10 Å². The average Bonchev–Trinajstić information content (AvgIpc) is 3.33. The molecule has 1 atom stereocenters. The lowest BCUT2D eigenvalue weighted by atomic mass is 10.0. The van der Waals surface area contributed by atoms with E-state index in [4.69, 9.17) is 14.2 Å². The van der Waals surface area contributed by atoms with E-state index in [-0.39, 0.29) is 31.1 Å². The molecule has 0 radical (unpaired) electrons. The molecule has 0 fully saturated rings. The largest absolute Gasteiger partial charge is 0.462 e. The second-order valence-electron chi connectivity index (χ2n) is 20.3. The molecular formula is C61H114O6. The monoisotopic (exact) mass is 943 g/mol. The summed E-state index contributed by atoms with van der Waals surface area (Å²) in [6, 6.07) is 0. The second-order valence-corrected chi connectivity index (χ2v) is 20.3. The Labute approximate surface area is 417 Å². The number of unbranched alkanes of at least 4 members (excludes halogenated alkanes) is 40. The lowest BCUT2D eigenvalue weighted by molar-refractivity contribution is -0.167. The van der Waals surface area contributed by atoms with E-state index in [1.165, 1.54) is 225 Å². The highest BCUT2D eigenvalue weighted by Crippen LogP contribution is 2.17. The summed E-state index contributed by atoms with van der Waals surface area (Å²) in [5.41, 5.74) is 0. The number of hydrogen-bond donors (Lipinski definition) is 0. The molecule has 0 aliphatic heterocycles. The van der Waals surface area contributed by atoms with Gasteiger partial charge in [-0.25, -0.2) is 0 Å². The van der Waals surface area contributed by atoms with E-state index in [0.29, 0.717) is 19.3 Å². The Hall–Kier alpha value is -2.11. The zero-order valence-corrected chi connectivity index (χ0v) is 45.2. The summed E-state index contributed by atoms with van der Waals surface area (Å²) in [6.45, 7) is 6.63. The molecule has 0 aromatic heterocycles. The molecule has 0 saturated heterocycles. The van der Waals surface area contributed by atoms with Gasteiger partial charge >= 0.3 is 17.9 Å². The van der Waals surface area contributed by atoms with Crippen LogP contribution < -0.4 is 0 Å². The quantitative estimate of drug-likeness (QED) is 0.0262. The third-order valence-electron chi connectivity index (χ3n) is 13.5. The Morgan fingerprint density at radius 3 is 0.821 bits per heavy atom. The van der Waals surface area contributed by atoms with Gasteiger partial charge in [-0.15, -0.1) is 0 Å². The number of ether oxygens (including phenoxy) is 3. The molecule has 6 heteroatoms. The van der Waals surface area contributed by atoms with Crippen molar-refractivity contribution in [1.29, 1.82) is 0 Å². The predicted octanol–water partition coefficient (Wildman–Crippen LogP) is 19.9. The molecule has 0 aliphatic rings. The zero-order valence-electron chi connectivity index (χ0n) is 45.2. The van der Waals surface area contributed by atoms with Crippen LogP contribution in [0.25, 0.3) is 0 Å². The molecule has 0 heterocycles. The van der Waals surface area contributed by atoms with Crippen LogP contribution in [0.5, 0.6) is 0 Å². The van der Waals surface area contributed by atoms with E-state index in [2.05, 4.69) is 45.1 Å². The fourth-order valence-electron chi connectivity index (χ4n) is 8.95. The van der Waals surface area contributed by atoms with Crippen LogP contribution in [0, 0.1) is 0 Å². The smallest absolute Gasteiger partial charge is 0.306 e. The Bertz CT molecular complexity index is 1080.